The van der Waals surface area contributed by atoms with Crippen molar-refractivity contribution < 1.29 is 36.2 Å². The van der Waals surface area contributed by atoms with Crippen molar-refractivity contribution in [1.82, 2.24) is 9.55 Å². The molecule has 1 heterocycles. The zero-order valence-corrected chi connectivity index (χ0v) is 14.9. The van der Waals surface area contributed by atoms with Crippen LogP contribution >= 0.6 is 0 Å². The number of nitrogens with two attached hydrogens (primary N) is 1. The summed E-state index contributed by atoms with van der Waals surface area (Å²) < 4.78 is 81.3. The third-order valence-corrected chi connectivity index (χ3v) is 3.78. The molecule has 0 aliphatic heterocycles. The number of ether oxygens (including phenoxy) is 1. The summed E-state index contributed by atoms with van der Waals surface area (Å²) in [6.45, 7) is -0.503. The molecule has 0 saturated heterocycles. The van der Waals surface area contributed by atoms with Gasteiger partial charge in [0.1, 0.15) is 11.6 Å². The molecule has 1 atom stereocenters. The summed E-state index contributed by atoms with van der Waals surface area (Å²) in [5, 5.41) is 12.7. The quantitative estimate of drug-likeness (QED) is 0.376. The number of nitrogens with one attached hydrogen (secondary N) is 1. The van der Waals surface area contributed by atoms with Crippen LogP contribution in [0.3, 0.4) is 0 Å². The molecule has 1 aromatic heterocycles. The monoisotopic (exact) mass is 425 g/mol. The standard InChI is InChI=1S/C16H17F6N5O2/c1-27-9-8-24-12(27)14(28,15(17,18)19)6-7-25-13(23)26-10-2-4-11(5-3-10)29-16(20,21)22/h2-5,8-9,28H,6-7H2,1H3,(H3,23,25,26). The maximum atomic E-state index is 13.4. The zero-order chi connectivity index (χ0) is 21.9. The molecule has 1 unspecified atom stereocenters. The number of aromatic nitrogens is 2. The van der Waals surface area contributed by atoms with Gasteiger partial charge in [-0.25, -0.2) is 4.98 Å². The van der Waals surface area contributed by atoms with Gasteiger partial charge in [-0.2, -0.15) is 13.2 Å². The Balaban J connectivity index is 2.02. The third kappa shape index (κ3) is 5.76. The van der Waals surface area contributed by atoms with Crippen LogP contribution in [0.25, 0.3) is 0 Å². The lowest BCUT2D eigenvalue weighted by molar-refractivity contribution is -0.274. The Hall–Kier alpha value is -2.96. The molecule has 160 valence electrons. The number of anilines is 1. The summed E-state index contributed by atoms with van der Waals surface area (Å²) in [4.78, 5) is 7.27. The van der Waals surface area contributed by atoms with Crippen molar-refractivity contribution in [2.75, 3.05) is 11.9 Å². The molecule has 0 amide bonds. The molecule has 0 radical (unpaired) electrons. The van der Waals surface area contributed by atoms with Gasteiger partial charge in [-0.05, 0) is 24.3 Å². The zero-order valence-electron chi connectivity index (χ0n) is 14.9. The van der Waals surface area contributed by atoms with Crippen molar-refractivity contribution in [2.24, 2.45) is 17.8 Å². The first-order valence-electron chi connectivity index (χ1n) is 8.01. The maximum Gasteiger partial charge on any atom is 0.573 e. The molecule has 2 aromatic rings. The Morgan fingerprint density at radius 1 is 1.21 bits per heavy atom. The fourth-order valence-electron chi connectivity index (χ4n) is 2.41. The second-order valence-electron chi connectivity index (χ2n) is 5.93. The van der Waals surface area contributed by atoms with Crippen LogP contribution in [-0.4, -0.2) is 39.7 Å². The highest BCUT2D eigenvalue weighted by atomic mass is 19.4. The first-order valence-corrected chi connectivity index (χ1v) is 8.01. The lowest BCUT2D eigenvalue weighted by atomic mass is 9.98. The largest absolute Gasteiger partial charge is 0.573 e. The Bertz CT molecular complexity index is 847. The summed E-state index contributed by atoms with van der Waals surface area (Å²) >= 11 is 0. The minimum atomic E-state index is -5.00. The Kier molecular flexibility index (Phi) is 6.30. The van der Waals surface area contributed by atoms with Crippen LogP contribution < -0.4 is 15.8 Å². The molecule has 0 saturated carbocycles. The topological polar surface area (TPSA) is 97.7 Å². The molecule has 0 aliphatic carbocycles. The van der Waals surface area contributed by atoms with Gasteiger partial charge in [0.2, 0.25) is 5.60 Å². The van der Waals surface area contributed by atoms with E-state index in [1.807, 2.05) is 0 Å². The van der Waals surface area contributed by atoms with Gasteiger partial charge in [0.15, 0.2) is 5.96 Å². The van der Waals surface area contributed by atoms with Crippen molar-refractivity contribution >= 4 is 11.6 Å². The van der Waals surface area contributed by atoms with Gasteiger partial charge in [0.25, 0.3) is 0 Å². The highest BCUT2D eigenvalue weighted by molar-refractivity contribution is 5.92. The van der Waals surface area contributed by atoms with Crippen molar-refractivity contribution in [3.63, 3.8) is 0 Å². The van der Waals surface area contributed by atoms with Crippen molar-refractivity contribution in [1.29, 1.82) is 0 Å². The lowest BCUT2D eigenvalue weighted by Gasteiger charge is -2.29. The van der Waals surface area contributed by atoms with Crippen LogP contribution in [0.2, 0.25) is 0 Å². The fourth-order valence-corrected chi connectivity index (χ4v) is 2.41. The van der Waals surface area contributed by atoms with Crippen LogP contribution in [0.4, 0.5) is 32.0 Å². The Morgan fingerprint density at radius 2 is 1.83 bits per heavy atom. The first-order chi connectivity index (χ1) is 13.3. The van der Waals surface area contributed by atoms with Crippen LogP contribution in [-0.2, 0) is 12.6 Å². The minimum absolute atomic E-state index is 0.232. The van der Waals surface area contributed by atoms with E-state index in [-0.39, 0.29) is 11.6 Å². The van der Waals surface area contributed by atoms with Gasteiger partial charge in [-0.3, -0.25) is 4.99 Å². The van der Waals surface area contributed by atoms with Gasteiger partial charge < -0.3 is 25.5 Å². The van der Waals surface area contributed by atoms with Crippen LogP contribution in [0, 0.1) is 0 Å². The number of alkyl halides is 6. The summed E-state index contributed by atoms with van der Waals surface area (Å²) in [5.74, 6) is -1.34. The van der Waals surface area contributed by atoms with Crippen LogP contribution in [0.5, 0.6) is 5.75 Å². The van der Waals surface area contributed by atoms with E-state index in [1.54, 1.807) is 0 Å². The molecule has 2 rings (SSSR count). The SMILES string of the molecule is Cn1ccnc1C(O)(CCN=C(N)Nc1ccc(OC(F)(F)F)cc1)C(F)(F)F. The molecular weight excluding hydrogens is 408 g/mol. The Labute approximate surface area is 160 Å². The lowest BCUT2D eigenvalue weighted by Crippen LogP contribution is -2.45. The number of guanidine groups is 1. The second kappa shape index (κ2) is 8.19. The summed E-state index contributed by atoms with van der Waals surface area (Å²) in [6, 6.07) is 4.46. The van der Waals surface area contributed by atoms with Crippen LogP contribution in [0.1, 0.15) is 12.2 Å². The van der Waals surface area contributed by atoms with Crippen molar-refractivity contribution in [3.05, 3.63) is 42.5 Å². The van der Waals surface area contributed by atoms with Gasteiger partial charge in [-0.1, -0.05) is 0 Å². The average molecular weight is 425 g/mol. The molecule has 0 fully saturated rings. The molecular formula is C16H17F6N5O2. The number of rotatable bonds is 6. The molecule has 0 bridgehead atoms. The van der Waals surface area contributed by atoms with Gasteiger partial charge in [0.05, 0.1) is 0 Å². The number of benzene rings is 1. The first kappa shape index (κ1) is 22.3. The van der Waals surface area contributed by atoms with E-state index in [4.69, 9.17) is 5.73 Å². The van der Waals surface area contributed by atoms with Crippen molar-refractivity contribution in [3.8, 4) is 5.75 Å². The molecule has 1 aromatic carbocycles. The number of hydrogen-bond donors (Lipinski definition) is 3. The molecule has 7 nitrogen and oxygen atoms in total. The number of nitrogens with zero attached hydrogens (tertiary/aromatic N) is 3. The molecule has 29 heavy (non-hydrogen) atoms. The fraction of sp³-hybridized carbons (Fsp3) is 0.375. The predicted molar refractivity (Wildman–Crippen MR) is 91.0 cm³/mol. The number of aryl methyl sites for hydroxylation is 1. The molecule has 0 aliphatic rings. The predicted octanol–water partition coefficient (Wildman–Crippen LogP) is 2.89. The molecule has 13 heteroatoms. The van der Waals surface area contributed by atoms with E-state index in [1.165, 1.54) is 25.4 Å². The highest BCUT2D eigenvalue weighted by Gasteiger charge is 2.57. The van der Waals surface area contributed by atoms with Gasteiger partial charge in [-0.15, -0.1) is 13.2 Å². The van der Waals surface area contributed by atoms with Gasteiger partial charge >= 0.3 is 12.5 Å². The van der Waals surface area contributed by atoms with E-state index in [9.17, 15) is 31.4 Å². The summed E-state index contributed by atoms with van der Waals surface area (Å²) in [6.07, 6.45) is -8.30. The number of aliphatic hydroxyl groups is 1. The second-order valence-corrected chi connectivity index (χ2v) is 5.93. The van der Waals surface area contributed by atoms with Gasteiger partial charge in [0, 0.05) is 38.1 Å². The minimum Gasteiger partial charge on any atom is -0.406 e. The van der Waals surface area contributed by atoms with E-state index in [2.05, 4.69) is 20.0 Å². The average Bonchev–Trinajstić information content (AvgIpc) is 3.00. The maximum absolute atomic E-state index is 13.4. The molecule has 4 N–H and O–H groups in total. The third-order valence-electron chi connectivity index (χ3n) is 3.78. The van der Waals surface area contributed by atoms with Crippen LogP contribution in [0.15, 0.2) is 41.7 Å². The number of aliphatic imine (C=N–C) groups is 1. The summed E-state index contributed by atoms with van der Waals surface area (Å²) in [7, 11) is 1.31. The van der Waals surface area contributed by atoms with Crippen molar-refractivity contribution in [2.45, 2.75) is 24.6 Å². The number of imidazole rings is 1. The molecule has 0 spiro atoms. The normalized spacial score (nSPS) is 15.1. The smallest absolute Gasteiger partial charge is 0.406 e. The van der Waals surface area contributed by atoms with E-state index >= 15 is 0 Å². The number of halogens is 6. The highest BCUT2D eigenvalue weighted by Crippen LogP contribution is 2.40. The number of hydrogen-bond acceptors (Lipinski definition) is 4. The van der Waals surface area contributed by atoms with E-state index < -0.39 is 42.7 Å². The Morgan fingerprint density at radius 3 is 2.31 bits per heavy atom. The summed E-state index contributed by atoms with van der Waals surface area (Å²) in [5.41, 5.74) is 2.58. The van der Waals surface area contributed by atoms with E-state index in [0.29, 0.717) is 0 Å². The van der Waals surface area contributed by atoms with E-state index in [0.717, 1.165) is 22.9 Å².